The summed E-state index contributed by atoms with van der Waals surface area (Å²) < 4.78 is 7.16. The maximum Gasteiger partial charge on any atom is 0.254 e. The Balaban J connectivity index is 1.36. The molecule has 150 valence electrons. The lowest BCUT2D eigenvalue weighted by Crippen LogP contribution is -2.47. The van der Waals surface area contributed by atoms with E-state index >= 15 is 0 Å². The van der Waals surface area contributed by atoms with Crippen LogP contribution in [-0.4, -0.2) is 69.8 Å². The highest BCUT2D eigenvalue weighted by atomic mass is 16.5. The minimum Gasteiger partial charge on any atom is -0.378 e. The average Bonchev–Trinajstić information content (AvgIpc) is 3.28. The first kappa shape index (κ1) is 18.1. The fourth-order valence-corrected chi connectivity index (χ4v) is 4.18. The van der Waals surface area contributed by atoms with E-state index in [1.165, 1.54) is 6.33 Å². The van der Waals surface area contributed by atoms with Gasteiger partial charge in [-0.3, -0.25) is 4.79 Å². The molecule has 0 atom stereocenters. The van der Waals surface area contributed by atoms with Crippen LogP contribution in [0.5, 0.6) is 0 Å². The Bertz CT molecular complexity index is 991. The van der Waals surface area contributed by atoms with Gasteiger partial charge in [0.05, 0.1) is 18.9 Å². The van der Waals surface area contributed by atoms with Crippen molar-refractivity contribution in [2.24, 2.45) is 5.92 Å². The molecule has 2 fully saturated rings. The molecule has 4 heterocycles. The number of hydrogen-bond donors (Lipinski definition) is 0. The molecule has 2 aliphatic rings. The molecule has 0 bridgehead atoms. The van der Waals surface area contributed by atoms with Crippen LogP contribution >= 0.6 is 0 Å². The van der Waals surface area contributed by atoms with Crippen molar-refractivity contribution >= 4 is 17.5 Å². The van der Waals surface area contributed by atoms with Crippen LogP contribution in [0.3, 0.4) is 0 Å². The predicted octanol–water partition coefficient (Wildman–Crippen LogP) is 1.87. The number of fused-ring (bicyclic) bond motifs is 1. The van der Waals surface area contributed by atoms with E-state index in [-0.39, 0.29) is 11.8 Å². The second kappa shape index (κ2) is 7.79. The third kappa shape index (κ3) is 3.55. The van der Waals surface area contributed by atoms with Gasteiger partial charge in [-0.1, -0.05) is 30.3 Å². The predicted molar refractivity (Wildman–Crippen MR) is 109 cm³/mol. The maximum absolute atomic E-state index is 12.8. The number of benzene rings is 1. The summed E-state index contributed by atoms with van der Waals surface area (Å²) in [6.07, 6.45) is 3.22. The van der Waals surface area contributed by atoms with Crippen molar-refractivity contribution in [2.45, 2.75) is 12.8 Å². The van der Waals surface area contributed by atoms with E-state index in [1.54, 1.807) is 4.52 Å². The molecule has 0 saturated carbocycles. The summed E-state index contributed by atoms with van der Waals surface area (Å²) in [5, 5.41) is 4.37. The Labute approximate surface area is 169 Å². The number of ether oxygens (including phenoxy) is 1. The van der Waals surface area contributed by atoms with Gasteiger partial charge in [-0.15, -0.1) is 0 Å². The Kier molecular flexibility index (Phi) is 4.85. The highest BCUT2D eigenvalue weighted by molar-refractivity contribution is 5.79. The van der Waals surface area contributed by atoms with Gasteiger partial charge in [0.25, 0.3) is 5.78 Å². The molecule has 1 aromatic carbocycles. The number of nitrogens with zero attached hydrogens (tertiary/aromatic N) is 6. The molecule has 29 heavy (non-hydrogen) atoms. The normalized spacial score (nSPS) is 18.3. The van der Waals surface area contributed by atoms with Crippen LogP contribution < -0.4 is 4.90 Å². The van der Waals surface area contributed by atoms with Gasteiger partial charge in [0.1, 0.15) is 12.1 Å². The van der Waals surface area contributed by atoms with Crippen LogP contribution in [0.4, 0.5) is 5.82 Å². The van der Waals surface area contributed by atoms with Crippen molar-refractivity contribution in [3.05, 3.63) is 42.7 Å². The monoisotopic (exact) mass is 392 g/mol. The number of carbonyl (C=O) groups is 1. The van der Waals surface area contributed by atoms with Gasteiger partial charge in [-0.05, 0) is 12.8 Å². The molecule has 0 unspecified atom stereocenters. The van der Waals surface area contributed by atoms with Gasteiger partial charge in [-0.2, -0.15) is 14.6 Å². The SMILES string of the molecule is O=C(C1CCN(c2cc(-c3ccccc3)nc3ncnn23)CC1)N1CCOCC1. The lowest BCUT2D eigenvalue weighted by atomic mass is 9.95. The van der Waals surface area contributed by atoms with Gasteiger partial charge >= 0.3 is 0 Å². The Hall–Kier alpha value is -3.00. The van der Waals surface area contributed by atoms with Crippen LogP contribution in [0.2, 0.25) is 0 Å². The standard InChI is InChI=1S/C21H24N6O2/c28-20(26-10-12-29-13-11-26)17-6-8-25(9-7-17)19-14-18(16-4-2-1-3-5-16)24-21-22-15-23-27(19)21/h1-5,14-15,17H,6-13H2. The van der Waals surface area contributed by atoms with Crippen molar-refractivity contribution in [3.63, 3.8) is 0 Å². The molecule has 2 aromatic heterocycles. The molecule has 5 rings (SSSR count). The van der Waals surface area contributed by atoms with Crippen molar-refractivity contribution in [1.82, 2.24) is 24.5 Å². The zero-order chi connectivity index (χ0) is 19.6. The number of hydrogen-bond acceptors (Lipinski definition) is 6. The minimum atomic E-state index is 0.0889. The Morgan fingerprint density at radius 3 is 2.55 bits per heavy atom. The largest absolute Gasteiger partial charge is 0.378 e. The van der Waals surface area contributed by atoms with E-state index in [2.05, 4.69) is 26.0 Å². The Morgan fingerprint density at radius 2 is 1.79 bits per heavy atom. The second-order valence-corrected chi connectivity index (χ2v) is 7.54. The van der Waals surface area contributed by atoms with Crippen LogP contribution in [0.1, 0.15) is 12.8 Å². The molecule has 2 saturated heterocycles. The van der Waals surface area contributed by atoms with Gasteiger partial charge in [0.15, 0.2) is 0 Å². The first-order valence-corrected chi connectivity index (χ1v) is 10.2. The molecule has 0 radical (unpaired) electrons. The zero-order valence-corrected chi connectivity index (χ0v) is 16.3. The molecular weight excluding hydrogens is 368 g/mol. The number of amides is 1. The highest BCUT2D eigenvalue weighted by Gasteiger charge is 2.30. The summed E-state index contributed by atoms with van der Waals surface area (Å²) >= 11 is 0. The molecule has 8 heteroatoms. The van der Waals surface area contributed by atoms with E-state index in [1.807, 2.05) is 35.2 Å². The van der Waals surface area contributed by atoms with Crippen LogP contribution in [0.25, 0.3) is 17.0 Å². The van der Waals surface area contributed by atoms with Gasteiger partial charge < -0.3 is 14.5 Å². The van der Waals surface area contributed by atoms with Gasteiger partial charge in [0.2, 0.25) is 5.91 Å². The number of piperidine rings is 1. The molecule has 1 amide bonds. The smallest absolute Gasteiger partial charge is 0.254 e. The first-order valence-electron chi connectivity index (χ1n) is 10.2. The van der Waals surface area contributed by atoms with Gasteiger partial charge in [-0.25, -0.2) is 4.98 Å². The minimum absolute atomic E-state index is 0.0889. The third-order valence-electron chi connectivity index (χ3n) is 5.79. The summed E-state index contributed by atoms with van der Waals surface area (Å²) in [5.74, 6) is 1.93. The second-order valence-electron chi connectivity index (χ2n) is 7.54. The van der Waals surface area contributed by atoms with Crippen molar-refractivity contribution in [1.29, 1.82) is 0 Å². The molecule has 2 aliphatic heterocycles. The van der Waals surface area contributed by atoms with E-state index in [9.17, 15) is 4.79 Å². The molecule has 0 N–H and O–H groups in total. The number of morpholine rings is 1. The van der Waals surface area contributed by atoms with E-state index in [0.29, 0.717) is 32.1 Å². The molecular formula is C21H24N6O2. The summed E-state index contributed by atoms with van der Waals surface area (Å²) in [7, 11) is 0. The van der Waals surface area contributed by atoms with Crippen molar-refractivity contribution in [2.75, 3.05) is 44.3 Å². The van der Waals surface area contributed by atoms with Crippen LogP contribution in [-0.2, 0) is 9.53 Å². The summed E-state index contributed by atoms with van der Waals surface area (Å²) in [6.45, 7) is 4.34. The van der Waals surface area contributed by atoms with Gasteiger partial charge in [0, 0.05) is 43.7 Å². The molecule has 8 nitrogen and oxygen atoms in total. The number of anilines is 1. The quantitative estimate of drug-likeness (QED) is 0.677. The first-order chi connectivity index (χ1) is 14.3. The average molecular weight is 392 g/mol. The van der Waals surface area contributed by atoms with Crippen molar-refractivity contribution in [3.8, 4) is 11.3 Å². The van der Waals surface area contributed by atoms with E-state index < -0.39 is 0 Å². The highest BCUT2D eigenvalue weighted by Crippen LogP contribution is 2.28. The fraction of sp³-hybridized carbons (Fsp3) is 0.429. The molecule has 3 aromatic rings. The number of rotatable bonds is 3. The van der Waals surface area contributed by atoms with Crippen molar-refractivity contribution < 1.29 is 9.53 Å². The molecule has 0 aliphatic carbocycles. The number of carbonyl (C=O) groups excluding carboxylic acids is 1. The molecule has 0 spiro atoms. The fourth-order valence-electron chi connectivity index (χ4n) is 4.18. The third-order valence-corrected chi connectivity index (χ3v) is 5.79. The lowest BCUT2D eigenvalue weighted by molar-refractivity contribution is -0.140. The summed E-state index contributed by atoms with van der Waals surface area (Å²) in [4.78, 5) is 26.0. The summed E-state index contributed by atoms with van der Waals surface area (Å²) in [6, 6.07) is 12.2. The maximum atomic E-state index is 12.8. The van der Waals surface area contributed by atoms with Crippen LogP contribution in [0.15, 0.2) is 42.7 Å². The van der Waals surface area contributed by atoms with E-state index in [0.717, 1.165) is 43.0 Å². The van der Waals surface area contributed by atoms with Crippen LogP contribution in [0, 0.1) is 5.92 Å². The van der Waals surface area contributed by atoms with E-state index in [4.69, 9.17) is 4.74 Å². The summed E-state index contributed by atoms with van der Waals surface area (Å²) in [5.41, 5.74) is 1.93. The Morgan fingerprint density at radius 1 is 1.03 bits per heavy atom. The number of aromatic nitrogens is 4. The topological polar surface area (TPSA) is 75.9 Å². The lowest BCUT2D eigenvalue weighted by Gasteiger charge is -2.36. The zero-order valence-electron chi connectivity index (χ0n) is 16.3.